The number of amides is 1. The molecule has 0 atom stereocenters. The molecular formula is C21H19N3O5. The Hall–Kier alpha value is -4.12. The van der Waals surface area contributed by atoms with Crippen LogP contribution in [0.4, 0.5) is 11.4 Å². The van der Waals surface area contributed by atoms with Crippen molar-refractivity contribution in [2.75, 3.05) is 24.4 Å². The van der Waals surface area contributed by atoms with E-state index in [0.717, 1.165) is 0 Å². The van der Waals surface area contributed by atoms with Gasteiger partial charge in [-0.25, -0.2) is 9.59 Å². The highest BCUT2D eigenvalue weighted by Gasteiger charge is 2.17. The number of benzene rings is 2. The first kappa shape index (κ1) is 21.2. The van der Waals surface area contributed by atoms with Gasteiger partial charge in [0.2, 0.25) is 0 Å². The highest BCUT2D eigenvalue weighted by Crippen LogP contribution is 2.19. The lowest BCUT2D eigenvalue weighted by Crippen LogP contribution is -2.18. The second kappa shape index (κ2) is 10.3. The van der Waals surface area contributed by atoms with E-state index in [1.165, 1.54) is 25.4 Å². The monoisotopic (exact) mass is 393 g/mol. The van der Waals surface area contributed by atoms with Crippen LogP contribution in [0.1, 0.15) is 27.6 Å². The summed E-state index contributed by atoms with van der Waals surface area (Å²) in [7, 11) is 1.25. The lowest BCUT2D eigenvalue weighted by atomic mass is 10.1. The summed E-state index contributed by atoms with van der Waals surface area (Å²) in [6.07, 6.45) is 1.17. The van der Waals surface area contributed by atoms with E-state index in [4.69, 9.17) is 9.47 Å². The number of carbonyl (C=O) groups excluding carboxylic acids is 3. The maximum atomic E-state index is 12.5. The number of nitrogens with one attached hydrogen (secondary N) is 2. The van der Waals surface area contributed by atoms with Gasteiger partial charge in [0, 0.05) is 6.20 Å². The summed E-state index contributed by atoms with van der Waals surface area (Å²) in [6, 6.07) is 14.6. The van der Waals surface area contributed by atoms with Crippen molar-refractivity contribution in [3.8, 4) is 6.07 Å². The van der Waals surface area contributed by atoms with Crippen molar-refractivity contribution in [1.82, 2.24) is 0 Å². The van der Waals surface area contributed by atoms with Crippen molar-refractivity contribution in [2.45, 2.75) is 6.92 Å². The van der Waals surface area contributed by atoms with Gasteiger partial charge in [0.25, 0.3) is 5.91 Å². The molecule has 0 saturated carbocycles. The molecular weight excluding hydrogens is 374 g/mol. The van der Waals surface area contributed by atoms with Crippen molar-refractivity contribution >= 4 is 29.2 Å². The molecule has 0 aromatic heterocycles. The number of para-hydroxylation sites is 2. The number of anilines is 2. The van der Waals surface area contributed by atoms with Crippen LogP contribution < -0.4 is 10.6 Å². The lowest BCUT2D eigenvalue weighted by molar-refractivity contribution is -0.112. The Morgan fingerprint density at radius 1 is 1.00 bits per heavy atom. The third kappa shape index (κ3) is 5.43. The summed E-state index contributed by atoms with van der Waals surface area (Å²) in [5.74, 6) is -1.88. The van der Waals surface area contributed by atoms with E-state index in [9.17, 15) is 19.6 Å². The molecule has 0 aliphatic heterocycles. The first-order valence-corrected chi connectivity index (χ1v) is 8.63. The predicted octanol–water partition coefficient (Wildman–Crippen LogP) is 3.11. The molecule has 1 amide bonds. The number of rotatable bonds is 7. The Morgan fingerprint density at radius 2 is 1.59 bits per heavy atom. The average Bonchev–Trinajstić information content (AvgIpc) is 2.74. The molecule has 8 heteroatoms. The van der Waals surface area contributed by atoms with Gasteiger partial charge >= 0.3 is 11.9 Å². The van der Waals surface area contributed by atoms with E-state index in [-0.39, 0.29) is 29.0 Å². The molecule has 0 aliphatic rings. The summed E-state index contributed by atoms with van der Waals surface area (Å²) in [4.78, 5) is 36.3. The molecule has 2 aromatic carbocycles. The van der Waals surface area contributed by atoms with Crippen LogP contribution >= 0.6 is 0 Å². The fourth-order valence-corrected chi connectivity index (χ4v) is 2.36. The summed E-state index contributed by atoms with van der Waals surface area (Å²) in [5, 5.41) is 14.6. The van der Waals surface area contributed by atoms with Crippen molar-refractivity contribution in [3.63, 3.8) is 0 Å². The third-order valence-electron chi connectivity index (χ3n) is 3.74. The largest absolute Gasteiger partial charge is 0.465 e. The molecule has 0 aliphatic carbocycles. The molecule has 29 heavy (non-hydrogen) atoms. The molecule has 2 rings (SSSR count). The summed E-state index contributed by atoms with van der Waals surface area (Å²) >= 11 is 0. The SMILES string of the molecule is CCOC(=O)c1ccccc1NC(=O)/C(C#N)=C\Nc1ccccc1C(=O)OC. The number of hydrogen-bond donors (Lipinski definition) is 2. The van der Waals surface area contributed by atoms with Crippen molar-refractivity contribution < 1.29 is 23.9 Å². The Kier molecular flexibility index (Phi) is 7.51. The van der Waals surface area contributed by atoms with Gasteiger partial charge in [-0.3, -0.25) is 4.79 Å². The van der Waals surface area contributed by atoms with Gasteiger partial charge in [-0.15, -0.1) is 0 Å². The van der Waals surface area contributed by atoms with Gasteiger partial charge < -0.3 is 20.1 Å². The van der Waals surface area contributed by atoms with Crippen LogP contribution in [0.2, 0.25) is 0 Å². The average molecular weight is 393 g/mol. The topological polar surface area (TPSA) is 118 Å². The molecule has 0 saturated heterocycles. The van der Waals surface area contributed by atoms with Crippen molar-refractivity contribution in [2.24, 2.45) is 0 Å². The number of methoxy groups -OCH3 is 1. The summed E-state index contributed by atoms with van der Waals surface area (Å²) in [6.45, 7) is 1.86. The van der Waals surface area contributed by atoms with E-state index in [2.05, 4.69) is 10.6 Å². The van der Waals surface area contributed by atoms with Crippen molar-refractivity contribution in [3.05, 3.63) is 71.4 Å². The van der Waals surface area contributed by atoms with Gasteiger partial charge in [-0.1, -0.05) is 24.3 Å². The van der Waals surface area contributed by atoms with Gasteiger partial charge in [-0.05, 0) is 31.2 Å². The zero-order valence-electron chi connectivity index (χ0n) is 15.9. The molecule has 2 N–H and O–H groups in total. The van der Waals surface area contributed by atoms with E-state index in [1.807, 2.05) is 0 Å². The Morgan fingerprint density at radius 3 is 2.17 bits per heavy atom. The standard InChI is InChI=1S/C21H19N3O5/c1-3-29-21(27)16-9-5-7-11-18(16)24-19(25)14(12-22)13-23-17-10-6-4-8-15(17)20(26)28-2/h4-11,13,23H,3H2,1-2H3,(H,24,25)/b14-13-. The molecule has 2 aromatic rings. The Labute approximate surface area is 167 Å². The fraction of sp³-hybridized carbons (Fsp3) is 0.143. The van der Waals surface area contributed by atoms with Crippen LogP contribution in [-0.4, -0.2) is 31.6 Å². The molecule has 0 fully saturated rings. The van der Waals surface area contributed by atoms with Crippen molar-refractivity contribution in [1.29, 1.82) is 5.26 Å². The molecule has 0 radical (unpaired) electrons. The zero-order chi connectivity index (χ0) is 21.2. The number of nitriles is 1. The van der Waals surface area contributed by atoms with Gasteiger partial charge in [0.15, 0.2) is 0 Å². The fourth-order valence-electron chi connectivity index (χ4n) is 2.36. The smallest absolute Gasteiger partial charge is 0.340 e. The minimum absolute atomic E-state index is 0.170. The number of esters is 2. The molecule has 0 spiro atoms. The van der Waals surface area contributed by atoms with E-state index < -0.39 is 17.8 Å². The molecule has 0 heterocycles. The van der Waals surface area contributed by atoms with Gasteiger partial charge in [0.1, 0.15) is 11.6 Å². The Bertz CT molecular complexity index is 992. The quantitative estimate of drug-likeness (QED) is 0.421. The second-order valence-corrected chi connectivity index (χ2v) is 5.57. The molecule has 148 valence electrons. The summed E-state index contributed by atoms with van der Waals surface area (Å²) in [5.41, 5.74) is 0.739. The van der Waals surface area contributed by atoms with Crippen LogP contribution in [0.5, 0.6) is 0 Å². The minimum atomic E-state index is -0.729. The first-order valence-electron chi connectivity index (χ1n) is 8.63. The number of carbonyl (C=O) groups is 3. The molecule has 0 unspecified atom stereocenters. The zero-order valence-corrected chi connectivity index (χ0v) is 15.9. The lowest BCUT2D eigenvalue weighted by Gasteiger charge is -2.10. The number of nitrogens with zero attached hydrogens (tertiary/aromatic N) is 1. The van der Waals surface area contributed by atoms with Crippen LogP contribution in [0, 0.1) is 11.3 Å². The highest BCUT2D eigenvalue weighted by molar-refractivity contribution is 6.09. The highest BCUT2D eigenvalue weighted by atomic mass is 16.5. The maximum absolute atomic E-state index is 12.5. The maximum Gasteiger partial charge on any atom is 0.340 e. The van der Waals surface area contributed by atoms with Gasteiger partial charge in [0.05, 0.1) is 36.2 Å². The van der Waals surface area contributed by atoms with Crippen LogP contribution in [0.15, 0.2) is 60.3 Å². The van der Waals surface area contributed by atoms with Crippen LogP contribution in [0.25, 0.3) is 0 Å². The molecule has 8 nitrogen and oxygen atoms in total. The van der Waals surface area contributed by atoms with Crippen LogP contribution in [-0.2, 0) is 14.3 Å². The van der Waals surface area contributed by atoms with Gasteiger partial charge in [-0.2, -0.15) is 5.26 Å². The normalized spacial score (nSPS) is 10.4. The summed E-state index contributed by atoms with van der Waals surface area (Å²) < 4.78 is 9.67. The first-order chi connectivity index (χ1) is 14.0. The van der Waals surface area contributed by atoms with Crippen LogP contribution in [0.3, 0.4) is 0 Å². The van der Waals surface area contributed by atoms with E-state index in [1.54, 1.807) is 49.4 Å². The number of ether oxygens (including phenoxy) is 2. The van der Waals surface area contributed by atoms with E-state index in [0.29, 0.717) is 5.69 Å². The second-order valence-electron chi connectivity index (χ2n) is 5.57. The third-order valence-corrected chi connectivity index (χ3v) is 3.74. The number of hydrogen-bond acceptors (Lipinski definition) is 7. The Balaban J connectivity index is 2.22. The minimum Gasteiger partial charge on any atom is -0.465 e. The van der Waals surface area contributed by atoms with E-state index >= 15 is 0 Å². The molecule has 0 bridgehead atoms. The predicted molar refractivity (Wildman–Crippen MR) is 106 cm³/mol.